The highest BCUT2D eigenvalue weighted by atomic mass is 35.5. The van der Waals surface area contributed by atoms with E-state index in [1.807, 2.05) is 18.2 Å². The molecule has 0 saturated carbocycles. The van der Waals surface area contributed by atoms with Crippen molar-refractivity contribution in [1.29, 1.82) is 0 Å². The van der Waals surface area contributed by atoms with Gasteiger partial charge in [0.15, 0.2) is 0 Å². The number of hydrogen-bond acceptors (Lipinski definition) is 4. The Morgan fingerprint density at radius 3 is 2.55 bits per heavy atom. The molecule has 6 heteroatoms. The molecule has 0 amide bonds. The van der Waals surface area contributed by atoms with Gasteiger partial charge in [0.05, 0.1) is 19.3 Å². The van der Waals surface area contributed by atoms with Gasteiger partial charge in [0.2, 0.25) is 5.88 Å². The molecule has 0 bridgehead atoms. The molecular weight excluding hydrogens is 388 g/mol. The van der Waals surface area contributed by atoms with Crippen molar-refractivity contribution < 1.29 is 14.3 Å². The van der Waals surface area contributed by atoms with Crippen LogP contribution in [0, 0.1) is 11.8 Å². The Balaban J connectivity index is 2.07. The summed E-state index contributed by atoms with van der Waals surface area (Å²) in [4.78, 5) is 16.4. The quantitative estimate of drug-likeness (QED) is 0.456. The van der Waals surface area contributed by atoms with E-state index in [4.69, 9.17) is 21.1 Å². The zero-order valence-corrected chi connectivity index (χ0v) is 18.3. The molecule has 2 heterocycles. The molecule has 0 spiro atoms. The van der Waals surface area contributed by atoms with Crippen LogP contribution in [0.4, 0.5) is 0 Å². The number of carbonyl (C=O) groups excluding carboxylic acids is 1. The second-order valence-electron chi connectivity index (χ2n) is 8.03. The highest BCUT2D eigenvalue weighted by molar-refractivity contribution is 6.32. The molecule has 0 fully saturated rings. The van der Waals surface area contributed by atoms with Crippen molar-refractivity contribution >= 4 is 28.5 Å². The molecule has 0 unspecified atom stereocenters. The fourth-order valence-corrected chi connectivity index (χ4v) is 3.46. The number of halogens is 1. The number of methoxy groups -OCH3 is 1. The summed E-state index contributed by atoms with van der Waals surface area (Å²) in [6.07, 6.45) is 3.87. The molecule has 154 valence electrons. The average Bonchev–Trinajstić information content (AvgIpc) is 3.03. The standard InChI is InChI=1S/C23H27ClN2O3/c1-14(2)11-26-12-19(18-7-6-16(9-21(18)26)23(27)28-5)17-8-20(24)22(25-10-17)29-13-15(3)4/h6-10,12,14-15H,11,13H2,1-5H3. The van der Waals surface area contributed by atoms with Crippen LogP contribution >= 0.6 is 11.6 Å². The molecule has 3 rings (SSSR count). The Kier molecular flexibility index (Phi) is 6.48. The smallest absolute Gasteiger partial charge is 0.337 e. The molecule has 0 N–H and O–H groups in total. The van der Waals surface area contributed by atoms with Crippen molar-refractivity contribution in [2.24, 2.45) is 11.8 Å². The third kappa shape index (κ3) is 4.73. The number of fused-ring (bicyclic) bond motifs is 1. The SMILES string of the molecule is COC(=O)c1ccc2c(-c3cnc(OCC(C)C)c(Cl)c3)cn(CC(C)C)c2c1. The summed E-state index contributed by atoms with van der Waals surface area (Å²) in [6.45, 7) is 9.88. The normalized spacial score (nSPS) is 11.4. The van der Waals surface area contributed by atoms with E-state index in [2.05, 4.69) is 43.4 Å². The van der Waals surface area contributed by atoms with Crippen LogP contribution in [0.2, 0.25) is 5.02 Å². The third-order valence-corrected chi connectivity index (χ3v) is 4.81. The number of hydrogen-bond donors (Lipinski definition) is 0. The highest BCUT2D eigenvalue weighted by Gasteiger charge is 2.16. The Labute approximate surface area is 176 Å². The van der Waals surface area contributed by atoms with Gasteiger partial charge in [-0.05, 0) is 30.0 Å². The molecule has 2 aromatic heterocycles. The fourth-order valence-electron chi connectivity index (χ4n) is 3.24. The lowest BCUT2D eigenvalue weighted by molar-refractivity contribution is 0.0601. The van der Waals surface area contributed by atoms with Gasteiger partial charge in [-0.1, -0.05) is 45.4 Å². The van der Waals surface area contributed by atoms with Crippen molar-refractivity contribution in [3.63, 3.8) is 0 Å². The number of benzene rings is 1. The molecule has 1 aromatic carbocycles. The van der Waals surface area contributed by atoms with Crippen molar-refractivity contribution in [3.8, 4) is 17.0 Å². The predicted molar refractivity (Wildman–Crippen MR) is 117 cm³/mol. The first kappa shape index (κ1) is 21.2. The molecule has 0 atom stereocenters. The summed E-state index contributed by atoms with van der Waals surface area (Å²) >= 11 is 6.44. The second kappa shape index (κ2) is 8.87. The lowest BCUT2D eigenvalue weighted by Gasteiger charge is -2.10. The van der Waals surface area contributed by atoms with Crippen LogP contribution in [0.3, 0.4) is 0 Å². The van der Waals surface area contributed by atoms with Gasteiger partial charge in [-0.15, -0.1) is 0 Å². The number of ether oxygens (including phenoxy) is 2. The Morgan fingerprint density at radius 1 is 1.17 bits per heavy atom. The van der Waals surface area contributed by atoms with Crippen LogP contribution in [0.15, 0.2) is 36.7 Å². The number of rotatable bonds is 7. The van der Waals surface area contributed by atoms with E-state index < -0.39 is 0 Å². The van der Waals surface area contributed by atoms with E-state index in [9.17, 15) is 4.79 Å². The minimum Gasteiger partial charge on any atom is -0.476 e. The fraction of sp³-hybridized carbons (Fsp3) is 0.391. The summed E-state index contributed by atoms with van der Waals surface area (Å²) in [5.74, 6) is 0.949. The summed E-state index contributed by atoms with van der Waals surface area (Å²) in [5, 5.41) is 1.52. The molecule has 0 radical (unpaired) electrons. The Morgan fingerprint density at radius 2 is 1.93 bits per heavy atom. The van der Waals surface area contributed by atoms with Gasteiger partial charge in [0, 0.05) is 41.0 Å². The summed E-state index contributed by atoms with van der Waals surface area (Å²) in [7, 11) is 1.39. The molecular formula is C23H27ClN2O3. The summed E-state index contributed by atoms with van der Waals surface area (Å²) < 4.78 is 12.7. The zero-order chi connectivity index (χ0) is 21.1. The Hall–Kier alpha value is -2.53. The largest absolute Gasteiger partial charge is 0.476 e. The van der Waals surface area contributed by atoms with Gasteiger partial charge in [0.1, 0.15) is 5.02 Å². The van der Waals surface area contributed by atoms with E-state index in [1.54, 1.807) is 12.3 Å². The topological polar surface area (TPSA) is 53.4 Å². The first-order chi connectivity index (χ1) is 13.8. The zero-order valence-electron chi connectivity index (χ0n) is 17.5. The van der Waals surface area contributed by atoms with Crippen LogP contribution in [0.25, 0.3) is 22.0 Å². The van der Waals surface area contributed by atoms with E-state index in [0.717, 1.165) is 28.6 Å². The van der Waals surface area contributed by atoms with Gasteiger partial charge < -0.3 is 14.0 Å². The van der Waals surface area contributed by atoms with Crippen molar-refractivity contribution in [3.05, 3.63) is 47.2 Å². The summed E-state index contributed by atoms with van der Waals surface area (Å²) in [5.41, 5.74) is 3.43. The molecule has 0 saturated heterocycles. The lowest BCUT2D eigenvalue weighted by Crippen LogP contribution is -2.06. The maximum atomic E-state index is 12.0. The second-order valence-corrected chi connectivity index (χ2v) is 8.44. The molecule has 0 aliphatic carbocycles. The predicted octanol–water partition coefficient (Wildman–Crippen LogP) is 5.83. The van der Waals surface area contributed by atoms with Crippen LogP contribution < -0.4 is 4.74 Å². The molecule has 3 aromatic rings. The van der Waals surface area contributed by atoms with Crippen LogP contribution in [-0.4, -0.2) is 29.2 Å². The van der Waals surface area contributed by atoms with Gasteiger partial charge in [-0.25, -0.2) is 9.78 Å². The minimum atomic E-state index is -0.345. The van der Waals surface area contributed by atoms with Crippen LogP contribution in [-0.2, 0) is 11.3 Å². The molecule has 5 nitrogen and oxygen atoms in total. The molecule has 29 heavy (non-hydrogen) atoms. The van der Waals surface area contributed by atoms with Crippen LogP contribution in [0.1, 0.15) is 38.1 Å². The van der Waals surface area contributed by atoms with E-state index in [-0.39, 0.29) is 5.97 Å². The maximum Gasteiger partial charge on any atom is 0.337 e. The van der Waals surface area contributed by atoms with Gasteiger partial charge >= 0.3 is 5.97 Å². The number of carbonyl (C=O) groups is 1. The maximum absolute atomic E-state index is 12.0. The van der Waals surface area contributed by atoms with Crippen molar-refractivity contribution in [1.82, 2.24) is 9.55 Å². The third-order valence-electron chi connectivity index (χ3n) is 4.54. The van der Waals surface area contributed by atoms with Gasteiger partial charge in [0.25, 0.3) is 0 Å². The number of pyridine rings is 1. The molecule has 0 aliphatic heterocycles. The highest BCUT2D eigenvalue weighted by Crippen LogP contribution is 2.35. The first-order valence-corrected chi connectivity index (χ1v) is 10.2. The lowest BCUT2D eigenvalue weighted by atomic mass is 10.1. The first-order valence-electron chi connectivity index (χ1n) is 9.80. The summed E-state index contributed by atoms with van der Waals surface area (Å²) in [6, 6.07) is 7.49. The van der Waals surface area contributed by atoms with Crippen molar-refractivity contribution in [2.45, 2.75) is 34.2 Å². The van der Waals surface area contributed by atoms with E-state index in [1.165, 1.54) is 7.11 Å². The molecule has 0 aliphatic rings. The van der Waals surface area contributed by atoms with E-state index in [0.29, 0.717) is 34.9 Å². The minimum absolute atomic E-state index is 0.345. The van der Waals surface area contributed by atoms with Gasteiger partial charge in [-0.2, -0.15) is 0 Å². The number of esters is 1. The van der Waals surface area contributed by atoms with E-state index >= 15 is 0 Å². The number of nitrogens with zero attached hydrogens (tertiary/aromatic N) is 2. The van der Waals surface area contributed by atoms with Crippen LogP contribution in [0.5, 0.6) is 5.88 Å². The monoisotopic (exact) mass is 414 g/mol. The van der Waals surface area contributed by atoms with Crippen molar-refractivity contribution in [2.75, 3.05) is 13.7 Å². The van der Waals surface area contributed by atoms with Gasteiger partial charge in [-0.3, -0.25) is 0 Å². The average molecular weight is 415 g/mol. The number of aromatic nitrogens is 2. The Bertz CT molecular complexity index is 1020.